The first-order valence-corrected chi connectivity index (χ1v) is 6.53. The molecule has 4 nitrogen and oxygen atoms in total. The molecule has 5 heteroatoms. The van der Waals surface area contributed by atoms with Gasteiger partial charge in [-0.1, -0.05) is 18.2 Å². The molecule has 3 rings (SSSR count). The summed E-state index contributed by atoms with van der Waals surface area (Å²) in [6, 6.07) is 12.4. The summed E-state index contributed by atoms with van der Waals surface area (Å²) in [6.07, 6.45) is 0.800. The number of anilines is 1. The quantitative estimate of drug-likeness (QED) is 0.792. The molecule has 0 saturated heterocycles. The van der Waals surface area contributed by atoms with Gasteiger partial charge in [0.25, 0.3) is 0 Å². The van der Waals surface area contributed by atoms with Crippen molar-refractivity contribution < 1.29 is 4.39 Å². The van der Waals surface area contributed by atoms with Gasteiger partial charge in [0.15, 0.2) is 5.65 Å². The van der Waals surface area contributed by atoms with Gasteiger partial charge in [-0.15, -0.1) is 5.10 Å². The SMILES string of the molecule is Cc1cccc2nc(NCCc3ccc(F)cc3)nn12. The number of fused-ring (bicyclic) bond motifs is 1. The van der Waals surface area contributed by atoms with Crippen LogP contribution >= 0.6 is 0 Å². The molecule has 0 aliphatic carbocycles. The van der Waals surface area contributed by atoms with Crippen molar-refractivity contribution in [3.05, 3.63) is 59.5 Å². The maximum absolute atomic E-state index is 12.8. The lowest BCUT2D eigenvalue weighted by atomic mass is 10.1. The van der Waals surface area contributed by atoms with E-state index in [2.05, 4.69) is 15.4 Å². The van der Waals surface area contributed by atoms with Crippen molar-refractivity contribution >= 4 is 11.6 Å². The summed E-state index contributed by atoms with van der Waals surface area (Å²) in [5.74, 6) is 0.403. The molecule has 1 N–H and O–H groups in total. The largest absolute Gasteiger partial charge is 0.353 e. The average Bonchev–Trinajstić information content (AvgIpc) is 2.85. The second-order valence-electron chi connectivity index (χ2n) is 4.68. The minimum atomic E-state index is -0.209. The number of hydrogen-bond donors (Lipinski definition) is 1. The fraction of sp³-hybridized carbons (Fsp3) is 0.200. The molecule has 0 fully saturated rings. The third kappa shape index (κ3) is 2.61. The Morgan fingerprint density at radius 2 is 1.95 bits per heavy atom. The van der Waals surface area contributed by atoms with Crippen molar-refractivity contribution in [2.45, 2.75) is 13.3 Å². The molecule has 0 bridgehead atoms. The fourth-order valence-electron chi connectivity index (χ4n) is 2.08. The minimum absolute atomic E-state index is 0.209. The third-order valence-corrected chi connectivity index (χ3v) is 3.16. The lowest BCUT2D eigenvalue weighted by Crippen LogP contribution is -2.06. The normalized spacial score (nSPS) is 10.9. The maximum atomic E-state index is 12.8. The summed E-state index contributed by atoms with van der Waals surface area (Å²) in [5.41, 5.74) is 2.95. The number of nitrogens with zero attached hydrogens (tertiary/aromatic N) is 3. The molecule has 0 aliphatic rings. The van der Waals surface area contributed by atoms with Crippen molar-refractivity contribution in [3.63, 3.8) is 0 Å². The monoisotopic (exact) mass is 270 g/mol. The first-order chi connectivity index (χ1) is 9.72. The first-order valence-electron chi connectivity index (χ1n) is 6.53. The first kappa shape index (κ1) is 12.6. The molecule has 1 aromatic carbocycles. The lowest BCUT2D eigenvalue weighted by Gasteiger charge is -2.02. The van der Waals surface area contributed by atoms with Gasteiger partial charge >= 0.3 is 0 Å². The van der Waals surface area contributed by atoms with Crippen LogP contribution in [0.3, 0.4) is 0 Å². The molecule has 0 spiro atoms. The molecule has 0 amide bonds. The summed E-state index contributed by atoms with van der Waals surface area (Å²) in [5, 5.41) is 7.58. The number of pyridine rings is 1. The van der Waals surface area contributed by atoms with E-state index in [9.17, 15) is 4.39 Å². The molecule has 0 aliphatic heterocycles. The highest BCUT2D eigenvalue weighted by atomic mass is 19.1. The van der Waals surface area contributed by atoms with E-state index in [1.54, 1.807) is 16.6 Å². The fourth-order valence-corrected chi connectivity index (χ4v) is 2.08. The van der Waals surface area contributed by atoms with E-state index in [0.717, 1.165) is 23.3 Å². The van der Waals surface area contributed by atoms with Crippen LogP contribution < -0.4 is 5.32 Å². The van der Waals surface area contributed by atoms with Crippen LogP contribution in [0.1, 0.15) is 11.3 Å². The van der Waals surface area contributed by atoms with Crippen molar-refractivity contribution in [1.82, 2.24) is 14.6 Å². The predicted octanol–water partition coefficient (Wildman–Crippen LogP) is 2.83. The number of aryl methyl sites for hydroxylation is 1. The van der Waals surface area contributed by atoms with Crippen LogP contribution in [0.15, 0.2) is 42.5 Å². The van der Waals surface area contributed by atoms with Gasteiger partial charge in [-0.3, -0.25) is 0 Å². The second kappa shape index (κ2) is 5.28. The van der Waals surface area contributed by atoms with Crippen molar-refractivity contribution in [2.75, 3.05) is 11.9 Å². The topological polar surface area (TPSA) is 42.2 Å². The molecule has 2 aromatic heterocycles. The predicted molar refractivity (Wildman–Crippen MR) is 76.3 cm³/mol. The van der Waals surface area contributed by atoms with Crippen LogP contribution in [-0.4, -0.2) is 21.1 Å². The average molecular weight is 270 g/mol. The number of benzene rings is 1. The molecule has 0 atom stereocenters. The van der Waals surface area contributed by atoms with Crippen LogP contribution in [0, 0.1) is 12.7 Å². The number of nitrogens with one attached hydrogen (secondary N) is 1. The Labute approximate surface area is 116 Å². The zero-order chi connectivity index (χ0) is 13.9. The Morgan fingerprint density at radius 1 is 1.15 bits per heavy atom. The highest BCUT2D eigenvalue weighted by molar-refractivity contribution is 5.44. The Morgan fingerprint density at radius 3 is 2.70 bits per heavy atom. The zero-order valence-corrected chi connectivity index (χ0v) is 11.2. The zero-order valence-electron chi connectivity index (χ0n) is 11.2. The summed E-state index contributed by atoms with van der Waals surface area (Å²) >= 11 is 0. The molecule has 0 unspecified atom stereocenters. The van der Waals surface area contributed by atoms with Crippen LogP contribution in [0.5, 0.6) is 0 Å². The Balaban J connectivity index is 1.65. The number of aromatic nitrogens is 3. The molecule has 0 saturated carbocycles. The number of rotatable bonds is 4. The number of hydrogen-bond acceptors (Lipinski definition) is 3. The van der Waals surface area contributed by atoms with Gasteiger partial charge in [-0.2, -0.15) is 4.98 Å². The third-order valence-electron chi connectivity index (χ3n) is 3.16. The van der Waals surface area contributed by atoms with E-state index in [4.69, 9.17) is 0 Å². The minimum Gasteiger partial charge on any atom is -0.353 e. The van der Waals surface area contributed by atoms with E-state index >= 15 is 0 Å². The van der Waals surface area contributed by atoms with Gasteiger partial charge in [0, 0.05) is 12.2 Å². The Kier molecular flexibility index (Phi) is 3.33. The summed E-state index contributed by atoms with van der Waals surface area (Å²) < 4.78 is 14.6. The molecule has 102 valence electrons. The smallest absolute Gasteiger partial charge is 0.243 e. The Bertz CT molecular complexity index is 718. The van der Waals surface area contributed by atoms with Gasteiger partial charge in [-0.05, 0) is 43.2 Å². The van der Waals surface area contributed by atoms with Crippen molar-refractivity contribution in [2.24, 2.45) is 0 Å². The molecule has 2 heterocycles. The van der Waals surface area contributed by atoms with Gasteiger partial charge in [0.2, 0.25) is 5.95 Å². The van der Waals surface area contributed by atoms with E-state index in [1.165, 1.54) is 12.1 Å². The van der Waals surface area contributed by atoms with Crippen LogP contribution in [0.2, 0.25) is 0 Å². The molecule has 20 heavy (non-hydrogen) atoms. The van der Waals surface area contributed by atoms with E-state index in [1.807, 2.05) is 25.1 Å². The molecular weight excluding hydrogens is 255 g/mol. The summed E-state index contributed by atoms with van der Waals surface area (Å²) in [4.78, 5) is 4.40. The molecule has 0 radical (unpaired) electrons. The van der Waals surface area contributed by atoms with Gasteiger partial charge in [0.1, 0.15) is 5.82 Å². The van der Waals surface area contributed by atoms with Gasteiger partial charge in [-0.25, -0.2) is 8.91 Å². The van der Waals surface area contributed by atoms with E-state index in [-0.39, 0.29) is 5.82 Å². The number of halogens is 1. The highest BCUT2D eigenvalue weighted by Crippen LogP contribution is 2.08. The highest BCUT2D eigenvalue weighted by Gasteiger charge is 2.04. The summed E-state index contributed by atoms with van der Waals surface area (Å²) in [6.45, 7) is 2.70. The molecule has 3 aromatic rings. The van der Waals surface area contributed by atoms with Crippen molar-refractivity contribution in [3.8, 4) is 0 Å². The van der Waals surface area contributed by atoms with Crippen LogP contribution in [0.25, 0.3) is 5.65 Å². The van der Waals surface area contributed by atoms with Crippen LogP contribution in [-0.2, 0) is 6.42 Å². The lowest BCUT2D eigenvalue weighted by molar-refractivity contribution is 0.627. The summed E-state index contributed by atoms with van der Waals surface area (Å²) in [7, 11) is 0. The second-order valence-corrected chi connectivity index (χ2v) is 4.68. The van der Waals surface area contributed by atoms with Gasteiger partial charge in [0.05, 0.1) is 0 Å². The maximum Gasteiger partial charge on any atom is 0.243 e. The van der Waals surface area contributed by atoms with E-state index in [0.29, 0.717) is 12.5 Å². The van der Waals surface area contributed by atoms with E-state index < -0.39 is 0 Å². The van der Waals surface area contributed by atoms with Gasteiger partial charge < -0.3 is 5.32 Å². The Hall–Kier alpha value is -2.43. The molecular formula is C15H15FN4. The van der Waals surface area contributed by atoms with Crippen LogP contribution in [0.4, 0.5) is 10.3 Å². The van der Waals surface area contributed by atoms with Crippen molar-refractivity contribution in [1.29, 1.82) is 0 Å². The standard InChI is InChI=1S/C15H15FN4/c1-11-3-2-4-14-18-15(19-20(11)14)17-10-9-12-5-7-13(16)8-6-12/h2-8H,9-10H2,1H3,(H,17,19).